The molecule has 0 atom stereocenters. The lowest BCUT2D eigenvalue weighted by Crippen LogP contribution is -2.13. The van der Waals surface area contributed by atoms with Gasteiger partial charge in [-0.3, -0.25) is 0 Å². The monoisotopic (exact) mass is 602 g/mol. The first-order chi connectivity index (χ1) is 18.6. The minimum absolute atomic E-state index is 0.0794. The van der Waals surface area contributed by atoms with Crippen molar-refractivity contribution < 1.29 is 52.7 Å². The third-order valence-corrected chi connectivity index (χ3v) is 5.48. The Bertz CT molecular complexity index is 1580. The average Bonchev–Trinajstić information content (AvgIpc) is 3.13. The van der Waals surface area contributed by atoms with Gasteiger partial charge in [-0.25, -0.2) is 15.0 Å². The van der Waals surface area contributed by atoms with Gasteiger partial charge in [-0.2, -0.15) is 52.7 Å². The third kappa shape index (κ3) is 6.40. The zero-order valence-corrected chi connectivity index (χ0v) is 20.3. The van der Waals surface area contributed by atoms with E-state index in [-0.39, 0.29) is 29.4 Å². The summed E-state index contributed by atoms with van der Waals surface area (Å²) in [7, 11) is 0.881. The lowest BCUT2D eigenvalue weighted by molar-refractivity contribution is -0.146. The van der Waals surface area contributed by atoms with Gasteiger partial charge in [0, 0.05) is 18.4 Å². The number of nitrogens with one attached hydrogen (secondary N) is 2. The highest BCUT2D eigenvalue weighted by molar-refractivity contribution is 5.80. The lowest BCUT2D eigenvalue weighted by atomic mass is 10.1. The number of aromatic nitrogens is 4. The highest BCUT2D eigenvalue weighted by Gasteiger charge is 2.39. The predicted molar refractivity (Wildman–Crippen MR) is 120 cm³/mol. The molecule has 0 fully saturated rings. The van der Waals surface area contributed by atoms with E-state index in [1.807, 2.05) is 0 Å². The van der Waals surface area contributed by atoms with Crippen LogP contribution in [0.25, 0.3) is 11.3 Å². The summed E-state index contributed by atoms with van der Waals surface area (Å²) in [6, 6.07) is 2.98. The Labute approximate surface area is 221 Å². The number of hydrogen-bond acceptors (Lipinski definition) is 5. The second-order valence-electron chi connectivity index (χ2n) is 8.69. The molecule has 0 radical (unpaired) electrons. The molecule has 0 amide bonds. The molecule has 2 heterocycles. The normalized spacial score (nSPS) is 13.1. The summed E-state index contributed by atoms with van der Waals surface area (Å²) < 4.78 is 161. The molecule has 0 unspecified atom stereocenters. The standard InChI is InChI=1S/C23H14F12N6/c1-9-3-10(20(24,25)26)6-13(4-9)36-15-16(39-18-17(38-15)40-19(41(18)2)23(33,34)35)37-14-7-11(21(27,28)29)5-12(8-14)22(30,31)32/h3-8H,1-2H3,(H,36,38)(H,37,39). The van der Waals surface area contributed by atoms with Crippen LogP contribution >= 0.6 is 0 Å². The third-order valence-electron chi connectivity index (χ3n) is 5.48. The summed E-state index contributed by atoms with van der Waals surface area (Å²) in [6.07, 6.45) is -20.3. The van der Waals surface area contributed by atoms with Crippen molar-refractivity contribution in [1.82, 2.24) is 19.5 Å². The Hall–Kier alpha value is -4.25. The fourth-order valence-corrected chi connectivity index (χ4v) is 3.74. The number of imidazole rings is 1. The SMILES string of the molecule is Cc1cc(Nc2nc3nc(C(F)(F)F)n(C)c3nc2Nc2cc(C(F)(F)F)cc(C(F)(F)F)c2)cc(C(F)(F)F)c1. The van der Waals surface area contributed by atoms with Crippen molar-refractivity contribution in [3.05, 3.63) is 64.5 Å². The molecule has 41 heavy (non-hydrogen) atoms. The zero-order valence-electron chi connectivity index (χ0n) is 20.3. The van der Waals surface area contributed by atoms with Crippen LogP contribution in [0.1, 0.15) is 28.1 Å². The highest BCUT2D eigenvalue weighted by Crippen LogP contribution is 2.40. The molecular weight excluding hydrogens is 588 g/mol. The Kier molecular flexibility index (Phi) is 7.02. The van der Waals surface area contributed by atoms with Crippen molar-refractivity contribution in [2.24, 2.45) is 7.05 Å². The molecule has 0 saturated carbocycles. The van der Waals surface area contributed by atoms with Gasteiger partial charge in [0.15, 0.2) is 22.9 Å². The number of fused-ring (bicyclic) bond motifs is 1. The molecule has 2 N–H and O–H groups in total. The molecule has 0 spiro atoms. The van der Waals surface area contributed by atoms with Crippen LogP contribution in [0.4, 0.5) is 75.7 Å². The van der Waals surface area contributed by atoms with Crippen LogP contribution < -0.4 is 10.6 Å². The van der Waals surface area contributed by atoms with E-state index < -0.39 is 75.8 Å². The highest BCUT2D eigenvalue weighted by atomic mass is 19.4. The first-order valence-corrected chi connectivity index (χ1v) is 11.0. The van der Waals surface area contributed by atoms with Gasteiger partial charge < -0.3 is 15.2 Å². The summed E-state index contributed by atoms with van der Waals surface area (Å²) in [5.41, 5.74) is -6.91. The molecule has 0 saturated heterocycles. The van der Waals surface area contributed by atoms with E-state index in [2.05, 4.69) is 25.6 Å². The molecule has 2 aromatic carbocycles. The maximum Gasteiger partial charge on any atom is 0.449 e. The molecule has 0 bridgehead atoms. The second kappa shape index (κ2) is 9.69. The van der Waals surface area contributed by atoms with Crippen LogP contribution in [-0.4, -0.2) is 19.5 Å². The molecule has 0 aliphatic rings. The molecule has 2 aromatic heterocycles. The summed E-state index contributed by atoms with van der Waals surface area (Å²) >= 11 is 0. The predicted octanol–water partition coefficient (Wildman–Crippen LogP) is 8.23. The Morgan fingerprint density at radius 2 is 1.00 bits per heavy atom. The van der Waals surface area contributed by atoms with Crippen molar-refractivity contribution >= 4 is 34.3 Å². The largest absolute Gasteiger partial charge is 0.449 e. The number of alkyl halides is 12. The van der Waals surface area contributed by atoms with Crippen molar-refractivity contribution in [3.8, 4) is 0 Å². The van der Waals surface area contributed by atoms with E-state index in [4.69, 9.17) is 0 Å². The number of halogens is 12. The van der Waals surface area contributed by atoms with E-state index in [1.165, 1.54) is 13.0 Å². The zero-order chi connectivity index (χ0) is 30.7. The molecule has 0 aliphatic heterocycles. The molecule has 18 heteroatoms. The van der Waals surface area contributed by atoms with Crippen LogP contribution in [-0.2, 0) is 31.8 Å². The van der Waals surface area contributed by atoms with E-state index in [0.717, 1.165) is 13.1 Å². The van der Waals surface area contributed by atoms with Crippen LogP contribution in [0.15, 0.2) is 36.4 Å². The number of rotatable bonds is 4. The number of anilines is 4. The van der Waals surface area contributed by atoms with Crippen LogP contribution in [0.3, 0.4) is 0 Å². The van der Waals surface area contributed by atoms with Gasteiger partial charge in [-0.15, -0.1) is 0 Å². The Morgan fingerprint density at radius 1 is 0.561 bits per heavy atom. The maximum atomic E-state index is 13.4. The van der Waals surface area contributed by atoms with Gasteiger partial charge >= 0.3 is 24.7 Å². The number of nitrogens with zero attached hydrogens (tertiary/aromatic N) is 4. The van der Waals surface area contributed by atoms with Gasteiger partial charge in [0.2, 0.25) is 5.82 Å². The first-order valence-electron chi connectivity index (χ1n) is 11.0. The second-order valence-corrected chi connectivity index (χ2v) is 8.69. The molecule has 4 rings (SSSR count). The number of benzene rings is 2. The van der Waals surface area contributed by atoms with Gasteiger partial charge in [0.25, 0.3) is 0 Å². The number of hydrogen-bond donors (Lipinski definition) is 2. The molecule has 4 aromatic rings. The van der Waals surface area contributed by atoms with E-state index in [0.29, 0.717) is 10.6 Å². The van der Waals surface area contributed by atoms with Gasteiger partial charge in [-0.1, -0.05) is 0 Å². The molecule has 0 aliphatic carbocycles. The minimum atomic E-state index is -5.23. The fraction of sp³-hybridized carbons (Fsp3) is 0.261. The van der Waals surface area contributed by atoms with Gasteiger partial charge in [0.1, 0.15) is 0 Å². The molecule has 220 valence electrons. The topological polar surface area (TPSA) is 67.7 Å². The first kappa shape index (κ1) is 29.7. The van der Waals surface area contributed by atoms with Gasteiger partial charge in [-0.05, 0) is 48.9 Å². The van der Waals surface area contributed by atoms with Crippen molar-refractivity contribution in [1.29, 1.82) is 0 Å². The van der Waals surface area contributed by atoms with Crippen LogP contribution in [0.2, 0.25) is 0 Å². The molecular formula is C23H14F12N6. The van der Waals surface area contributed by atoms with Crippen molar-refractivity contribution in [2.45, 2.75) is 31.6 Å². The van der Waals surface area contributed by atoms with Crippen molar-refractivity contribution in [2.75, 3.05) is 10.6 Å². The van der Waals surface area contributed by atoms with E-state index in [1.54, 1.807) is 0 Å². The quantitative estimate of drug-likeness (QED) is 0.231. The van der Waals surface area contributed by atoms with E-state index >= 15 is 0 Å². The fourth-order valence-electron chi connectivity index (χ4n) is 3.74. The Morgan fingerprint density at radius 3 is 1.46 bits per heavy atom. The summed E-state index contributed by atoms with van der Waals surface area (Å²) in [5.74, 6) is -2.85. The maximum absolute atomic E-state index is 13.4. The van der Waals surface area contributed by atoms with Gasteiger partial charge in [0.05, 0.1) is 16.7 Å². The van der Waals surface area contributed by atoms with Crippen LogP contribution in [0.5, 0.6) is 0 Å². The summed E-state index contributed by atoms with van der Waals surface area (Å²) in [4.78, 5) is 11.0. The minimum Gasteiger partial charge on any atom is -0.337 e. The molecule has 6 nitrogen and oxygen atoms in total. The van der Waals surface area contributed by atoms with Crippen LogP contribution in [0, 0.1) is 6.92 Å². The average molecular weight is 602 g/mol. The summed E-state index contributed by atoms with van der Waals surface area (Å²) in [6.45, 7) is 1.30. The van der Waals surface area contributed by atoms with E-state index in [9.17, 15) is 52.7 Å². The Balaban J connectivity index is 1.92. The number of aryl methyl sites for hydroxylation is 2. The smallest absolute Gasteiger partial charge is 0.337 e. The van der Waals surface area contributed by atoms with Crippen molar-refractivity contribution in [3.63, 3.8) is 0 Å². The summed E-state index contributed by atoms with van der Waals surface area (Å²) in [5, 5.41) is 4.55. The lowest BCUT2D eigenvalue weighted by Gasteiger charge is -2.17.